The largest absolute Gasteiger partial charge is 0.493 e. The molecule has 2 N–H and O–H groups in total. The molecule has 1 aliphatic rings. The summed E-state index contributed by atoms with van der Waals surface area (Å²) in [7, 11) is 3.29. The molecule has 2 unspecified atom stereocenters. The molecule has 1 aromatic rings. The van der Waals surface area contributed by atoms with E-state index in [9.17, 15) is 0 Å². The van der Waals surface area contributed by atoms with Gasteiger partial charge in [-0.3, -0.25) is 9.88 Å². The molecule has 0 bridgehead atoms. The third kappa shape index (κ3) is 3.16. The number of rotatable bonds is 4. The van der Waals surface area contributed by atoms with Crippen LogP contribution in [-0.2, 0) is 6.54 Å². The average molecular weight is 265 g/mol. The Hall–Kier alpha value is -1.33. The first-order valence-electron chi connectivity index (χ1n) is 6.71. The van der Waals surface area contributed by atoms with E-state index in [0.717, 1.165) is 43.1 Å². The molecule has 5 nitrogen and oxygen atoms in total. The Morgan fingerprint density at radius 1 is 1.42 bits per heavy atom. The maximum Gasteiger partial charge on any atom is 0.183 e. The summed E-state index contributed by atoms with van der Waals surface area (Å²) in [5, 5.41) is 0. The lowest BCUT2D eigenvalue weighted by atomic mass is 9.99. The molecule has 0 radical (unpaired) electrons. The van der Waals surface area contributed by atoms with Crippen molar-refractivity contribution in [1.29, 1.82) is 0 Å². The number of aromatic nitrogens is 1. The van der Waals surface area contributed by atoms with Crippen LogP contribution in [0.4, 0.5) is 0 Å². The fourth-order valence-electron chi connectivity index (χ4n) is 2.65. The molecule has 1 aromatic heterocycles. The number of methoxy groups -OCH3 is 2. The van der Waals surface area contributed by atoms with E-state index in [1.807, 2.05) is 6.07 Å². The predicted molar refractivity (Wildman–Crippen MR) is 74.4 cm³/mol. The van der Waals surface area contributed by atoms with Gasteiger partial charge in [-0.2, -0.15) is 0 Å². The second kappa shape index (κ2) is 6.21. The normalized spacial score (nSPS) is 24.2. The zero-order valence-corrected chi connectivity index (χ0v) is 11.9. The quantitative estimate of drug-likeness (QED) is 0.892. The van der Waals surface area contributed by atoms with Crippen LogP contribution in [0.3, 0.4) is 0 Å². The molecule has 2 rings (SSSR count). The van der Waals surface area contributed by atoms with Gasteiger partial charge in [-0.05, 0) is 19.8 Å². The van der Waals surface area contributed by atoms with E-state index in [2.05, 4.69) is 16.8 Å². The zero-order chi connectivity index (χ0) is 13.8. The summed E-state index contributed by atoms with van der Waals surface area (Å²) in [6.45, 7) is 3.99. The Balaban J connectivity index is 2.14. The van der Waals surface area contributed by atoms with Crippen LogP contribution in [0.15, 0.2) is 12.3 Å². The van der Waals surface area contributed by atoms with Crippen molar-refractivity contribution in [3.63, 3.8) is 0 Å². The Bertz CT molecular complexity index is 425. The van der Waals surface area contributed by atoms with Crippen LogP contribution in [0.25, 0.3) is 0 Å². The zero-order valence-electron chi connectivity index (χ0n) is 11.9. The third-order valence-electron chi connectivity index (χ3n) is 3.77. The van der Waals surface area contributed by atoms with E-state index in [4.69, 9.17) is 15.2 Å². The van der Waals surface area contributed by atoms with Gasteiger partial charge in [0.25, 0.3) is 0 Å². The van der Waals surface area contributed by atoms with Crippen LogP contribution in [-0.4, -0.2) is 42.7 Å². The molecule has 0 aromatic carbocycles. The lowest BCUT2D eigenvalue weighted by molar-refractivity contribution is 0.136. The van der Waals surface area contributed by atoms with Crippen LogP contribution >= 0.6 is 0 Å². The topological polar surface area (TPSA) is 60.6 Å². The van der Waals surface area contributed by atoms with Crippen molar-refractivity contribution < 1.29 is 9.47 Å². The monoisotopic (exact) mass is 265 g/mol. The fraction of sp³-hybridized carbons (Fsp3) is 0.643. The number of hydrogen-bond donors (Lipinski definition) is 1. The van der Waals surface area contributed by atoms with Crippen molar-refractivity contribution in [1.82, 2.24) is 9.88 Å². The minimum Gasteiger partial charge on any atom is -0.493 e. The average Bonchev–Trinajstić information content (AvgIpc) is 2.41. The number of piperidine rings is 1. The van der Waals surface area contributed by atoms with E-state index in [-0.39, 0.29) is 0 Å². The third-order valence-corrected chi connectivity index (χ3v) is 3.77. The lowest BCUT2D eigenvalue weighted by Gasteiger charge is -2.36. The Morgan fingerprint density at radius 3 is 2.84 bits per heavy atom. The molecule has 1 saturated heterocycles. The highest BCUT2D eigenvalue weighted by molar-refractivity contribution is 5.42. The first-order valence-corrected chi connectivity index (χ1v) is 6.71. The van der Waals surface area contributed by atoms with Crippen LogP contribution in [0, 0.1) is 0 Å². The van der Waals surface area contributed by atoms with Crippen molar-refractivity contribution in [2.75, 3.05) is 20.8 Å². The van der Waals surface area contributed by atoms with Crippen LogP contribution < -0.4 is 15.2 Å². The van der Waals surface area contributed by atoms with E-state index >= 15 is 0 Å². The van der Waals surface area contributed by atoms with Gasteiger partial charge < -0.3 is 15.2 Å². The second-order valence-corrected chi connectivity index (χ2v) is 5.10. The van der Waals surface area contributed by atoms with Crippen molar-refractivity contribution in [2.24, 2.45) is 5.73 Å². The van der Waals surface area contributed by atoms with Crippen molar-refractivity contribution >= 4 is 0 Å². The molecule has 5 heteroatoms. The summed E-state index contributed by atoms with van der Waals surface area (Å²) in [5.74, 6) is 1.46. The first kappa shape index (κ1) is 14.1. The van der Waals surface area contributed by atoms with Crippen molar-refractivity contribution in [3.8, 4) is 11.5 Å². The number of likely N-dealkylation sites (tertiary alicyclic amines) is 1. The van der Waals surface area contributed by atoms with Gasteiger partial charge in [0.1, 0.15) is 5.69 Å². The van der Waals surface area contributed by atoms with Gasteiger partial charge in [-0.25, -0.2) is 0 Å². The standard InChI is InChI=1S/C14H23N3O2/c1-10-8-11(15)5-7-17(10)9-12-14(19-3)13(18-2)4-6-16-12/h4,6,10-11H,5,7-9,15H2,1-3H3. The van der Waals surface area contributed by atoms with Gasteiger partial charge in [0, 0.05) is 37.4 Å². The number of ether oxygens (including phenoxy) is 2. The van der Waals surface area contributed by atoms with Crippen LogP contribution in [0.2, 0.25) is 0 Å². The van der Waals surface area contributed by atoms with Gasteiger partial charge in [0.2, 0.25) is 0 Å². The number of nitrogens with two attached hydrogens (primary N) is 1. The van der Waals surface area contributed by atoms with Crippen molar-refractivity contribution in [3.05, 3.63) is 18.0 Å². The minimum atomic E-state index is 0.325. The summed E-state index contributed by atoms with van der Waals surface area (Å²) in [6, 6.07) is 2.62. The van der Waals surface area contributed by atoms with Gasteiger partial charge >= 0.3 is 0 Å². The van der Waals surface area contributed by atoms with Gasteiger partial charge in [0.05, 0.1) is 14.2 Å². The summed E-state index contributed by atoms with van der Waals surface area (Å²) in [4.78, 5) is 6.82. The van der Waals surface area contributed by atoms with Crippen molar-refractivity contribution in [2.45, 2.75) is 38.4 Å². The molecule has 1 aliphatic heterocycles. The van der Waals surface area contributed by atoms with Gasteiger partial charge in [-0.1, -0.05) is 0 Å². The minimum absolute atomic E-state index is 0.325. The number of pyridine rings is 1. The Morgan fingerprint density at radius 2 is 2.21 bits per heavy atom. The highest BCUT2D eigenvalue weighted by Gasteiger charge is 2.25. The lowest BCUT2D eigenvalue weighted by Crippen LogP contribution is -2.45. The summed E-state index contributed by atoms with van der Waals surface area (Å²) in [5.41, 5.74) is 6.92. The number of hydrogen-bond acceptors (Lipinski definition) is 5. The predicted octanol–water partition coefficient (Wildman–Crippen LogP) is 1.41. The summed E-state index contributed by atoms with van der Waals surface area (Å²) < 4.78 is 10.7. The molecule has 19 heavy (non-hydrogen) atoms. The molecule has 2 atom stereocenters. The van der Waals surface area contributed by atoms with Gasteiger partial charge in [-0.15, -0.1) is 0 Å². The fourth-order valence-corrected chi connectivity index (χ4v) is 2.65. The Kier molecular flexibility index (Phi) is 4.61. The molecule has 0 saturated carbocycles. The van der Waals surface area contributed by atoms with E-state index < -0.39 is 0 Å². The maximum atomic E-state index is 6.00. The molecule has 2 heterocycles. The Labute approximate surface area is 114 Å². The molecule has 1 fully saturated rings. The first-order chi connectivity index (χ1) is 9.15. The highest BCUT2D eigenvalue weighted by Crippen LogP contribution is 2.31. The smallest absolute Gasteiger partial charge is 0.183 e. The SMILES string of the molecule is COc1ccnc(CN2CCC(N)CC2C)c1OC. The summed E-state index contributed by atoms with van der Waals surface area (Å²) >= 11 is 0. The molecular weight excluding hydrogens is 242 g/mol. The summed E-state index contributed by atoms with van der Waals surface area (Å²) in [6.07, 6.45) is 3.83. The van der Waals surface area contributed by atoms with E-state index in [1.165, 1.54) is 0 Å². The molecular formula is C14H23N3O2. The van der Waals surface area contributed by atoms with Crippen LogP contribution in [0.5, 0.6) is 11.5 Å². The van der Waals surface area contributed by atoms with E-state index in [1.54, 1.807) is 20.4 Å². The molecule has 0 spiro atoms. The number of nitrogens with zero attached hydrogens (tertiary/aromatic N) is 2. The van der Waals surface area contributed by atoms with E-state index in [0.29, 0.717) is 12.1 Å². The maximum absolute atomic E-state index is 6.00. The van der Waals surface area contributed by atoms with Gasteiger partial charge in [0.15, 0.2) is 11.5 Å². The molecule has 0 aliphatic carbocycles. The highest BCUT2D eigenvalue weighted by atomic mass is 16.5. The second-order valence-electron chi connectivity index (χ2n) is 5.10. The molecule has 106 valence electrons. The van der Waals surface area contributed by atoms with Crippen LogP contribution in [0.1, 0.15) is 25.5 Å². The molecule has 0 amide bonds.